The number of carboxylic acids is 1. The van der Waals surface area contributed by atoms with E-state index < -0.39 is 12.1 Å². The predicted molar refractivity (Wildman–Crippen MR) is 87.4 cm³/mol. The lowest BCUT2D eigenvalue weighted by molar-refractivity contribution is -0.145. The molecule has 0 bridgehead atoms. The molecular formula is C18H28O4. The van der Waals surface area contributed by atoms with E-state index in [0.717, 1.165) is 19.3 Å². The maximum absolute atomic E-state index is 11.2. The fraction of sp³-hybridized carbons (Fsp3) is 0.611. The number of benzene rings is 1. The standard InChI is InChI=1S/C18H28O4/c1-2-3-4-5-6-7-8-9-10-17(18(20)21)22-16-13-11-15(19)12-14-16/h11-14,17,19H,2-10H2,1H3,(H,20,21). The van der Waals surface area contributed by atoms with Gasteiger partial charge in [0.05, 0.1) is 0 Å². The number of rotatable bonds is 12. The molecule has 2 N–H and O–H groups in total. The Bertz CT molecular complexity index is 414. The Kier molecular flexibility index (Phi) is 9.12. The van der Waals surface area contributed by atoms with Gasteiger partial charge in [-0.25, -0.2) is 4.79 Å². The molecule has 22 heavy (non-hydrogen) atoms. The van der Waals surface area contributed by atoms with Crippen molar-refractivity contribution in [2.75, 3.05) is 0 Å². The van der Waals surface area contributed by atoms with Crippen molar-refractivity contribution in [3.05, 3.63) is 24.3 Å². The van der Waals surface area contributed by atoms with Gasteiger partial charge >= 0.3 is 5.97 Å². The highest BCUT2D eigenvalue weighted by molar-refractivity contribution is 5.72. The first-order valence-corrected chi connectivity index (χ1v) is 8.32. The minimum absolute atomic E-state index is 0.141. The smallest absolute Gasteiger partial charge is 0.344 e. The first kappa shape index (κ1) is 18.3. The second-order valence-corrected chi connectivity index (χ2v) is 5.70. The number of carbonyl (C=O) groups is 1. The van der Waals surface area contributed by atoms with Crippen molar-refractivity contribution in [2.24, 2.45) is 0 Å². The molecule has 0 aliphatic rings. The third kappa shape index (κ3) is 7.91. The monoisotopic (exact) mass is 308 g/mol. The highest BCUT2D eigenvalue weighted by Crippen LogP contribution is 2.19. The van der Waals surface area contributed by atoms with Crippen LogP contribution >= 0.6 is 0 Å². The summed E-state index contributed by atoms with van der Waals surface area (Å²) in [5, 5.41) is 18.4. The molecule has 124 valence electrons. The number of unbranched alkanes of at least 4 members (excludes halogenated alkanes) is 7. The molecule has 0 aromatic heterocycles. The Hall–Kier alpha value is -1.71. The lowest BCUT2D eigenvalue weighted by Gasteiger charge is -2.15. The van der Waals surface area contributed by atoms with Crippen LogP contribution in [0, 0.1) is 0 Å². The van der Waals surface area contributed by atoms with Crippen LogP contribution in [0.3, 0.4) is 0 Å². The number of aliphatic carboxylic acids is 1. The molecule has 0 amide bonds. The maximum Gasteiger partial charge on any atom is 0.344 e. The van der Waals surface area contributed by atoms with Crippen LogP contribution in [-0.2, 0) is 4.79 Å². The van der Waals surface area contributed by atoms with Gasteiger partial charge < -0.3 is 14.9 Å². The zero-order chi connectivity index (χ0) is 16.2. The summed E-state index contributed by atoms with van der Waals surface area (Å²) >= 11 is 0. The van der Waals surface area contributed by atoms with Gasteiger partial charge in [0.25, 0.3) is 0 Å². The zero-order valence-electron chi connectivity index (χ0n) is 13.5. The molecule has 1 rings (SSSR count). The van der Waals surface area contributed by atoms with Crippen LogP contribution in [0.4, 0.5) is 0 Å². The van der Waals surface area contributed by atoms with E-state index in [1.165, 1.54) is 44.2 Å². The molecule has 0 aliphatic carbocycles. The molecule has 4 heteroatoms. The summed E-state index contributed by atoms with van der Waals surface area (Å²) < 4.78 is 5.48. The van der Waals surface area contributed by atoms with E-state index in [-0.39, 0.29) is 5.75 Å². The van der Waals surface area contributed by atoms with E-state index in [4.69, 9.17) is 4.74 Å². The zero-order valence-corrected chi connectivity index (χ0v) is 13.5. The summed E-state index contributed by atoms with van der Waals surface area (Å²) in [5.74, 6) is -0.317. The molecule has 1 aromatic rings. The molecule has 0 saturated heterocycles. The van der Waals surface area contributed by atoms with Crippen molar-refractivity contribution in [1.29, 1.82) is 0 Å². The summed E-state index contributed by atoms with van der Waals surface area (Å²) in [6, 6.07) is 6.15. The van der Waals surface area contributed by atoms with Gasteiger partial charge in [0.2, 0.25) is 0 Å². The van der Waals surface area contributed by atoms with Crippen molar-refractivity contribution < 1.29 is 19.7 Å². The molecule has 0 spiro atoms. The van der Waals surface area contributed by atoms with E-state index >= 15 is 0 Å². The van der Waals surface area contributed by atoms with Crippen molar-refractivity contribution in [2.45, 2.75) is 70.8 Å². The number of aromatic hydroxyl groups is 1. The van der Waals surface area contributed by atoms with Crippen molar-refractivity contribution in [1.82, 2.24) is 0 Å². The number of carboxylic acid groups (broad SMARTS) is 1. The van der Waals surface area contributed by atoms with Crippen LogP contribution < -0.4 is 4.74 Å². The minimum atomic E-state index is -0.934. The SMILES string of the molecule is CCCCCCCCCCC(Oc1ccc(O)cc1)C(=O)O. The third-order valence-corrected chi connectivity index (χ3v) is 3.71. The summed E-state index contributed by atoms with van der Waals surface area (Å²) in [7, 11) is 0. The predicted octanol–water partition coefficient (Wildman–Crippen LogP) is 4.76. The number of phenols is 1. The first-order chi connectivity index (χ1) is 10.6. The van der Waals surface area contributed by atoms with E-state index in [1.54, 1.807) is 12.1 Å². The molecule has 0 fully saturated rings. The van der Waals surface area contributed by atoms with Gasteiger partial charge in [-0.2, -0.15) is 0 Å². The fourth-order valence-corrected chi connectivity index (χ4v) is 2.39. The van der Waals surface area contributed by atoms with Crippen LogP contribution in [0.1, 0.15) is 64.7 Å². The highest BCUT2D eigenvalue weighted by Gasteiger charge is 2.18. The van der Waals surface area contributed by atoms with Gasteiger partial charge in [-0.3, -0.25) is 0 Å². The maximum atomic E-state index is 11.2. The number of hydrogen-bond donors (Lipinski definition) is 2. The van der Waals surface area contributed by atoms with Crippen molar-refractivity contribution in [3.63, 3.8) is 0 Å². The van der Waals surface area contributed by atoms with Crippen LogP contribution in [-0.4, -0.2) is 22.3 Å². The Morgan fingerprint density at radius 2 is 1.55 bits per heavy atom. The molecule has 1 unspecified atom stereocenters. The molecule has 1 aromatic carbocycles. The van der Waals surface area contributed by atoms with Crippen molar-refractivity contribution >= 4 is 5.97 Å². The molecule has 0 radical (unpaired) electrons. The van der Waals surface area contributed by atoms with Crippen LogP contribution in [0.25, 0.3) is 0 Å². The molecule has 4 nitrogen and oxygen atoms in total. The number of hydrogen-bond acceptors (Lipinski definition) is 3. The topological polar surface area (TPSA) is 66.8 Å². The highest BCUT2D eigenvalue weighted by atomic mass is 16.5. The van der Waals surface area contributed by atoms with Gasteiger partial charge in [-0.1, -0.05) is 51.9 Å². The lowest BCUT2D eigenvalue weighted by atomic mass is 10.1. The summed E-state index contributed by atoms with van der Waals surface area (Å²) in [5.41, 5.74) is 0. The second-order valence-electron chi connectivity index (χ2n) is 5.70. The summed E-state index contributed by atoms with van der Waals surface area (Å²) in [6.07, 6.45) is 9.16. The average molecular weight is 308 g/mol. The van der Waals surface area contributed by atoms with Crippen molar-refractivity contribution in [3.8, 4) is 11.5 Å². The summed E-state index contributed by atoms with van der Waals surface area (Å²) in [4.78, 5) is 11.2. The van der Waals surface area contributed by atoms with Crippen LogP contribution in [0.5, 0.6) is 11.5 Å². The minimum Gasteiger partial charge on any atom is -0.508 e. The van der Waals surface area contributed by atoms with E-state index in [9.17, 15) is 15.0 Å². The van der Waals surface area contributed by atoms with E-state index in [2.05, 4.69) is 6.92 Å². The molecule has 0 aliphatic heterocycles. The lowest BCUT2D eigenvalue weighted by Crippen LogP contribution is -2.26. The van der Waals surface area contributed by atoms with Gasteiger partial charge in [0.1, 0.15) is 11.5 Å². The summed E-state index contributed by atoms with van der Waals surface area (Å²) in [6.45, 7) is 2.21. The Balaban J connectivity index is 2.21. The van der Waals surface area contributed by atoms with Gasteiger partial charge in [0.15, 0.2) is 6.10 Å². The molecular weight excluding hydrogens is 280 g/mol. The number of phenolic OH excluding ortho intramolecular Hbond substituents is 1. The Morgan fingerprint density at radius 3 is 2.09 bits per heavy atom. The second kappa shape index (κ2) is 10.9. The van der Waals surface area contributed by atoms with Crippen LogP contribution in [0.15, 0.2) is 24.3 Å². The molecule has 1 atom stereocenters. The van der Waals surface area contributed by atoms with Gasteiger partial charge in [-0.15, -0.1) is 0 Å². The van der Waals surface area contributed by atoms with Crippen LogP contribution in [0.2, 0.25) is 0 Å². The quantitative estimate of drug-likeness (QED) is 0.547. The first-order valence-electron chi connectivity index (χ1n) is 8.32. The van der Waals surface area contributed by atoms with Gasteiger partial charge in [-0.05, 0) is 37.1 Å². The normalized spacial score (nSPS) is 12.0. The van der Waals surface area contributed by atoms with Gasteiger partial charge in [0, 0.05) is 0 Å². The van der Waals surface area contributed by atoms with E-state index in [0.29, 0.717) is 12.2 Å². The number of ether oxygens (including phenoxy) is 1. The Labute approximate surface area is 133 Å². The largest absolute Gasteiger partial charge is 0.508 e. The average Bonchev–Trinajstić information content (AvgIpc) is 2.50. The molecule has 0 heterocycles. The third-order valence-electron chi connectivity index (χ3n) is 3.71. The fourth-order valence-electron chi connectivity index (χ4n) is 2.39. The molecule has 0 saturated carbocycles. The van der Waals surface area contributed by atoms with E-state index in [1.807, 2.05) is 0 Å². The Morgan fingerprint density at radius 1 is 1.00 bits per heavy atom.